The molecule has 1 aromatic carbocycles. The molecule has 96 valence electrons. The fraction of sp³-hybridized carbons (Fsp3) is 0.273. The SMILES string of the molecule is COCCNc1nc(-c2cc(F)cc(F)c2)no1. The van der Waals surface area contributed by atoms with Crippen LogP contribution in [-0.4, -0.2) is 30.4 Å². The molecule has 5 nitrogen and oxygen atoms in total. The maximum Gasteiger partial charge on any atom is 0.321 e. The van der Waals surface area contributed by atoms with Gasteiger partial charge in [0.2, 0.25) is 5.82 Å². The molecule has 0 saturated heterocycles. The third kappa shape index (κ3) is 3.01. The van der Waals surface area contributed by atoms with E-state index in [1.807, 2.05) is 0 Å². The summed E-state index contributed by atoms with van der Waals surface area (Å²) in [7, 11) is 1.57. The predicted octanol–water partition coefficient (Wildman–Crippen LogP) is 2.07. The second-order valence-corrected chi connectivity index (χ2v) is 3.50. The van der Waals surface area contributed by atoms with Gasteiger partial charge in [0.1, 0.15) is 11.6 Å². The zero-order chi connectivity index (χ0) is 13.0. The van der Waals surface area contributed by atoms with Gasteiger partial charge in [-0.15, -0.1) is 0 Å². The summed E-state index contributed by atoms with van der Waals surface area (Å²) in [5.41, 5.74) is 0.219. The fourth-order valence-corrected chi connectivity index (χ4v) is 1.36. The molecule has 18 heavy (non-hydrogen) atoms. The van der Waals surface area contributed by atoms with E-state index in [1.54, 1.807) is 7.11 Å². The van der Waals surface area contributed by atoms with Crippen LogP contribution in [0.3, 0.4) is 0 Å². The molecule has 0 fully saturated rings. The maximum absolute atomic E-state index is 13.0. The summed E-state index contributed by atoms with van der Waals surface area (Å²) in [5.74, 6) is -1.26. The van der Waals surface area contributed by atoms with Crippen LogP contribution in [0, 0.1) is 11.6 Å². The van der Waals surface area contributed by atoms with Gasteiger partial charge in [0.15, 0.2) is 0 Å². The first-order chi connectivity index (χ1) is 8.69. The van der Waals surface area contributed by atoms with E-state index >= 15 is 0 Å². The van der Waals surface area contributed by atoms with Gasteiger partial charge in [0, 0.05) is 25.3 Å². The molecule has 0 unspecified atom stereocenters. The highest BCUT2D eigenvalue weighted by atomic mass is 19.1. The highest BCUT2D eigenvalue weighted by Gasteiger charge is 2.10. The molecule has 0 aliphatic heterocycles. The molecule has 0 amide bonds. The molecule has 2 rings (SSSR count). The fourth-order valence-electron chi connectivity index (χ4n) is 1.36. The number of methoxy groups -OCH3 is 1. The predicted molar refractivity (Wildman–Crippen MR) is 60.0 cm³/mol. The number of rotatable bonds is 5. The summed E-state index contributed by atoms with van der Waals surface area (Å²) in [6.07, 6.45) is 0. The van der Waals surface area contributed by atoms with Crippen molar-refractivity contribution in [2.24, 2.45) is 0 Å². The molecule has 0 aliphatic carbocycles. The Labute approximate surface area is 102 Å². The molecule has 0 aliphatic rings. The first-order valence-corrected chi connectivity index (χ1v) is 5.22. The summed E-state index contributed by atoms with van der Waals surface area (Å²) < 4.78 is 35.7. The van der Waals surface area contributed by atoms with Crippen molar-refractivity contribution in [3.63, 3.8) is 0 Å². The van der Waals surface area contributed by atoms with Crippen LogP contribution in [0.4, 0.5) is 14.8 Å². The summed E-state index contributed by atoms with van der Waals surface area (Å²) in [6.45, 7) is 0.974. The van der Waals surface area contributed by atoms with Crippen LogP contribution in [0.25, 0.3) is 11.4 Å². The minimum Gasteiger partial charge on any atom is -0.383 e. The van der Waals surface area contributed by atoms with Gasteiger partial charge in [-0.2, -0.15) is 4.98 Å². The van der Waals surface area contributed by atoms with Gasteiger partial charge in [-0.25, -0.2) is 8.78 Å². The van der Waals surface area contributed by atoms with E-state index in [1.165, 1.54) is 0 Å². The van der Waals surface area contributed by atoms with Crippen molar-refractivity contribution in [1.29, 1.82) is 0 Å². The lowest BCUT2D eigenvalue weighted by molar-refractivity contribution is 0.210. The number of benzene rings is 1. The van der Waals surface area contributed by atoms with E-state index in [2.05, 4.69) is 15.5 Å². The van der Waals surface area contributed by atoms with Crippen LogP contribution >= 0.6 is 0 Å². The summed E-state index contributed by atoms with van der Waals surface area (Å²) in [5, 5.41) is 6.44. The Balaban J connectivity index is 2.13. The number of hydrogen-bond acceptors (Lipinski definition) is 5. The Hall–Kier alpha value is -2.02. The van der Waals surface area contributed by atoms with Crippen LogP contribution in [0.2, 0.25) is 0 Å². The average molecular weight is 255 g/mol. The Morgan fingerprint density at radius 1 is 1.28 bits per heavy atom. The highest BCUT2D eigenvalue weighted by Crippen LogP contribution is 2.19. The Kier molecular flexibility index (Phi) is 3.83. The molecule has 1 N–H and O–H groups in total. The van der Waals surface area contributed by atoms with Crippen LogP contribution in [-0.2, 0) is 4.74 Å². The van der Waals surface area contributed by atoms with Crippen LogP contribution < -0.4 is 5.32 Å². The molecule has 0 bridgehead atoms. The van der Waals surface area contributed by atoms with Crippen LogP contribution in [0.15, 0.2) is 22.7 Å². The van der Waals surface area contributed by atoms with Gasteiger partial charge in [0.05, 0.1) is 6.61 Å². The molecule has 0 atom stereocenters. The normalized spacial score (nSPS) is 10.6. The van der Waals surface area contributed by atoms with E-state index in [0.29, 0.717) is 13.2 Å². The van der Waals surface area contributed by atoms with Crippen molar-refractivity contribution in [2.45, 2.75) is 0 Å². The van der Waals surface area contributed by atoms with Crippen LogP contribution in [0.5, 0.6) is 0 Å². The molecule has 2 aromatic rings. The third-order valence-corrected chi connectivity index (χ3v) is 2.13. The molecule has 0 radical (unpaired) electrons. The minimum atomic E-state index is -0.691. The quantitative estimate of drug-likeness (QED) is 0.829. The van der Waals surface area contributed by atoms with Crippen molar-refractivity contribution < 1.29 is 18.0 Å². The number of nitrogens with one attached hydrogen (secondary N) is 1. The minimum absolute atomic E-state index is 0.119. The molecular weight excluding hydrogens is 244 g/mol. The average Bonchev–Trinajstić information content (AvgIpc) is 2.77. The summed E-state index contributed by atoms with van der Waals surface area (Å²) in [4.78, 5) is 3.96. The largest absolute Gasteiger partial charge is 0.383 e. The van der Waals surface area contributed by atoms with E-state index in [0.717, 1.165) is 18.2 Å². The maximum atomic E-state index is 13.0. The molecule has 1 aromatic heterocycles. The van der Waals surface area contributed by atoms with Crippen molar-refractivity contribution in [3.8, 4) is 11.4 Å². The molecule has 1 heterocycles. The smallest absolute Gasteiger partial charge is 0.321 e. The van der Waals surface area contributed by atoms with Crippen molar-refractivity contribution >= 4 is 6.01 Å². The zero-order valence-corrected chi connectivity index (χ0v) is 9.61. The van der Waals surface area contributed by atoms with Crippen molar-refractivity contribution in [3.05, 3.63) is 29.8 Å². The van der Waals surface area contributed by atoms with Gasteiger partial charge >= 0.3 is 6.01 Å². The van der Waals surface area contributed by atoms with Gasteiger partial charge in [-0.1, -0.05) is 5.16 Å². The topological polar surface area (TPSA) is 60.2 Å². The first kappa shape index (κ1) is 12.4. The monoisotopic (exact) mass is 255 g/mol. The standard InChI is InChI=1S/C11H11F2N3O2/c1-17-3-2-14-11-15-10(16-18-11)7-4-8(12)6-9(13)5-7/h4-6H,2-3H2,1H3,(H,14,15,16). The summed E-state index contributed by atoms with van der Waals surface area (Å²) in [6, 6.07) is 3.22. The Bertz CT molecular complexity index is 511. The molecule has 0 spiro atoms. The zero-order valence-electron chi connectivity index (χ0n) is 9.61. The third-order valence-electron chi connectivity index (χ3n) is 2.13. The molecule has 0 saturated carbocycles. The van der Waals surface area contributed by atoms with Gasteiger partial charge < -0.3 is 14.6 Å². The van der Waals surface area contributed by atoms with E-state index in [-0.39, 0.29) is 17.4 Å². The van der Waals surface area contributed by atoms with Gasteiger partial charge in [0.25, 0.3) is 0 Å². The number of aromatic nitrogens is 2. The first-order valence-electron chi connectivity index (χ1n) is 5.22. The molecule has 7 heteroatoms. The molecular formula is C11H11F2N3O2. The van der Waals surface area contributed by atoms with E-state index in [9.17, 15) is 8.78 Å². The second kappa shape index (κ2) is 5.54. The number of hydrogen-bond donors (Lipinski definition) is 1. The van der Waals surface area contributed by atoms with E-state index in [4.69, 9.17) is 9.26 Å². The van der Waals surface area contributed by atoms with Crippen LogP contribution in [0.1, 0.15) is 0 Å². The number of halogens is 2. The Morgan fingerprint density at radius 3 is 2.67 bits per heavy atom. The van der Waals surface area contributed by atoms with Gasteiger partial charge in [-0.3, -0.25) is 0 Å². The number of nitrogens with zero attached hydrogens (tertiary/aromatic N) is 2. The van der Waals surface area contributed by atoms with E-state index < -0.39 is 11.6 Å². The number of anilines is 1. The van der Waals surface area contributed by atoms with Crippen molar-refractivity contribution in [2.75, 3.05) is 25.6 Å². The summed E-state index contributed by atoms with van der Waals surface area (Å²) >= 11 is 0. The lowest BCUT2D eigenvalue weighted by atomic mass is 10.2. The Morgan fingerprint density at radius 2 is 2.00 bits per heavy atom. The lowest BCUT2D eigenvalue weighted by Gasteiger charge is -1.97. The highest BCUT2D eigenvalue weighted by molar-refractivity contribution is 5.55. The van der Waals surface area contributed by atoms with Crippen molar-refractivity contribution in [1.82, 2.24) is 10.1 Å². The lowest BCUT2D eigenvalue weighted by Crippen LogP contribution is -2.07. The number of ether oxygens (including phenoxy) is 1. The van der Waals surface area contributed by atoms with Gasteiger partial charge in [-0.05, 0) is 12.1 Å². The second-order valence-electron chi connectivity index (χ2n) is 3.50.